The second-order valence-electron chi connectivity index (χ2n) is 3.28. The Balaban J connectivity index is 3.76. The predicted octanol–water partition coefficient (Wildman–Crippen LogP) is 1.22. The van der Waals surface area contributed by atoms with Crippen molar-refractivity contribution < 1.29 is 9.84 Å². The Labute approximate surface area is 92.4 Å². The lowest BCUT2D eigenvalue weighted by Crippen LogP contribution is -2.35. The highest BCUT2D eigenvalue weighted by Gasteiger charge is 2.09. The lowest BCUT2D eigenvalue weighted by atomic mass is 10.3. The number of aliphatic hydroxyl groups excluding tert-OH is 1. The molecule has 0 bridgehead atoms. The van der Waals surface area contributed by atoms with Gasteiger partial charge in [0, 0.05) is 19.6 Å². The van der Waals surface area contributed by atoms with Crippen LogP contribution in [0.4, 0.5) is 0 Å². The highest BCUT2D eigenvalue weighted by Crippen LogP contribution is 1.95. The molecular weight excluding hydrogens is 190 g/mol. The summed E-state index contributed by atoms with van der Waals surface area (Å²) in [4.78, 5) is 2.04. The van der Waals surface area contributed by atoms with Gasteiger partial charge in [0.05, 0.1) is 19.3 Å². The fourth-order valence-electron chi connectivity index (χ4n) is 1.23. The van der Waals surface area contributed by atoms with Gasteiger partial charge in [-0.1, -0.05) is 18.2 Å². The van der Waals surface area contributed by atoms with Crippen LogP contribution in [0.5, 0.6) is 0 Å². The van der Waals surface area contributed by atoms with Gasteiger partial charge in [0.1, 0.15) is 0 Å². The van der Waals surface area contributed by atoms with Crippen molar-refractivity contribution in [2.24, 2.45) is 0 Å². The van der Waals surface area contributed by atoms with E-state index in [1.54, 1.807) is 18.2 Å². The molecule has 0 aliphatic rings. The van der Waals surface area contributed by atoms with E-state index in [4.69, 9.17) is 4.74 Å². The van der Waals surface area contributed by atoms with Gasteiger partial charge in [-0.25, -0.2) is 0 Å². The number of aliphatic hydroxyl groups is 1. The molecule has 1 N–H and O–H groups in total. The molecule has 3 heteroatoms. The zero-order valence-electron chi connectivity index (χ0n) is 9.27. The largest absolute Gasteiger partial charge is 0.389 e. The van der Waals surface area contributed by atoms with Crippen molar-refractivity contribution in [1.82, 2.24) is 4.90 Å². The normalized spacial score (nSPS) is 12.4. The van der Waals surface area contributed by atoms with E-state index in [0.29, 0.717) is 19.8 Å². The van der Waals surface area contributed by atoms with E-state index >= 15 is 0 Å². The lowest BCUT2D eigenvalue weighted by Gasteiger charge is -2.22. The summed E-state index contributed by atoms with van der Waals surface area (Å²) in [5, 5.41) is 9.63. The Morgan fingerprint density at radius 1 is 1.13 bits per heavy atom. The third kappa shape index (κ3) is 8.12. The Morgan fingerprint density at radius 2 is 1.73 bits per heavy atom. The fraction of sp³-hybridized carbons (Fsp3) is 0.500. The van der Waals surface area contributed by atoms with E-state index in [0.717, 1.165) is 13.1 Å². The minimum Gasteiger partial charge on any atom is -0.389 e. The Morgan fingerprint density at radius 3 is 2.20 bits per heavy atom. The van der Waals surface area contributed by atoms with Crippen LogP contribution < -0.4 is 0 Å². The van der Waals surface area contributed by atoms with E-state index in [-0.39, 0.29) is 0 Å². The van der Waals surface area contributed by atoms with Crippen molar-refractivity contribution in [3.8, 4) is 0 Å². The summed E-state index contributed by atoms with van der Waals surface area (Å²) in [5.41, 5.74) is 0. The van der Waals surface area contributed by atoms with E-state index in [1.165, 1.54) is 0 Å². The average molecular weight is 211 g/mol. The van der Waals surface area contributed by atoms with Crippen molar-refractivity contribution in [2.75, 3.05) is 32.8 Å². The van der Waals surface area contributed by atoms with E-state index in [9.17, 15) is 5.11 Å². The van der Waals surface area contributed by atoms with E-state index < -0.39 is 6.10 Å². The molecule has 0 amide bonds. The number of nitrogens with zero attached hydrogens (tertiary/aromatic N) is 1. The van der Waals surface area contributed by atoms with Crippen LogP contribution in [0.25, 0.3) is 0 Å². The number of hydrogen-bond acceptors (Lipinski definition) is 3. The lowest BCUT2D eigenvalue weighted by molar-refractivity contribution is 0.0304. The smallest absolute Gasteiger partial charge is 0.0900 e. The molecule has 1 atom stereocenters. The third-order valence-corrected chi connectivity index (χ3v) is 1.79. The summed E-state index contributed by atoms with van der Waals surface area (Å²) in [6.07, 6.45) is 4.80. The van der Waals surface area contributed by atoms with Crippen LogP contribution in [0, 0.1) is 0 Å². The molecule has 0 aromatic carbocycles. The molecule has 3 nitrogen and oxygen atoms in total. The first-order valence-corrected chi connectivity index (χ1v) is 5.05. The van der Waals surface area contributed by atoms with Crippen LogP contribution in [0.1, 0.15) is 0 Å². The fourth-order valence-corrected chi connectivity index (χ4v) is 1.23. The monoisotopic (exact) mass is 211 g/mol. The topological polar surface area (TPSA) is 32.7 Å². The summed E-state index contributed by atoms with van der Waals surface area (Å²) in [6, 6.07) is 0. The molecule has 0 spiro atoms. The van der Waals surface area contributed by atoms with Crippen molar-refractivity contribution >= 4 is 0 Å². The van der Waals surface area contributed by atoms with Crippen LogP contribution in [0.2, 0.25) is 0 Å². The van der Waals surface area contributed by atoms with Gasteiger partial charge in [-0.3, -0.25) is 4.90 Å². The molecule has 0 saturated heterocycles. The second kappa shape index (κ2) is 9.65. The van der Waals surface area contributed by atoms with Gasteiger partial charge >= 0.3 is 0 Å². The van der Waals surface area contributed by atoms with Crippen LogP contribution in [0.3, 0.4) is 0 Å². The number of rotatable bonds is 10. The van der Waals surface area contributed by atoms with Gasteiger partial charge in [-0.15, -0.1) is 19.7 Å². The Hall–Kier alpha value is -0.900. The molecule has 0 saturated carbocycles. The number of hydrogen-bond donors (Lipinski definition) is 1. The average Bonchev–Trinajstić information content (AvgIpc) is 2.19. The molecule has 0 heterocycles. The van der Waals surface area contributed by atoms with Gasteiger partial charge in [-0.2, -0.15) is 0 Å². The first-order chi connectivity index (χ1) is 7.24. The van der Waals surface area contributed by atoms with E-state index in [1.807, 2.05) is 4.90 Å². The van der Waals surface area contributed by atoms with Crippen LogP contribution in [0.15, 0.2) is 38.0 Å². The highest BCUT2D eigenvalue weighted by molar-refractivity contribution is 4.81. The maximum atomic E-state index is 9.63. The first-order valence-electron chi connectivity index (χ1n) is 5.05. The SMILES string of the molecule is C=CCOCC(O)CN(CC=C)CC=C. The standard InChI is InChI=1S/C12H21NO2/c1-4-7-13(8-5-2)10-12(14)11-15-9-6-3/h4-6,12,14H,1-3,7-11H2. The van der Waals surface area contributed by atoms with Gasteiger partial charge < -0.3 is 9.84 Å². The molecule has 1 unspecified atom stereocenters. The molecular formula is C12H21NO2. The van der Waals surface area contributed by atoms with Crippen molar-refractivity contribution in [1.29, 1.82) is 0 Å². The minimum absolute atomic E-state index is 0.330. The summed E-state index contributed by atoms with van der Waals surface area (Å²) >= 11 is 0. The molecule has 0 fully saturated rings. The predicted molar refractivity (Wildman–Crippen MR) is 63.9 cm³/mol. The van der Waals surface area contributed by atoms with Crippen LogP contribution >= 0.6 is 0 Å². The molecule has 0 radical (unpaired) electrons. The second-order valence-corrected chi connectivity index (χ2v) is 3.28. The molecule has 86 valence electrons. The minimum atomic E-state index is -0.482. The number of ether oxygens (including phenoxy) is 1. The summed E-state index contributed by atoms with van der Waals surface area (Å²) < 4.78 is 5.16. The van der Waals surface area contributed by atoms with Gasteiger partial charge in [-0.05, 0) is 0 Å². The quantitative estimate of drug-likeness (QED) is 0.436. The molecule has 0 aromatic rings. The zero-order valence-corrected chi connectivity index (χ0v) is 9.27. The van der Waals surface area contributed by atoms with Gasteiger partial charge in [0.2, 0.25) is 0 Å². The van der Waals surface area contributed by atoms with Crippen molar-refractivity contribution in [3.05, 3.63) is 38.0 Å². The molecule has 15 heavy (non-hydrogen) atoms. The van der Waals surface area contributed by atoms with E-state index in [2.05, 4.69) is 19.7 Å². The van der Waals surface area contributed by atoms with Crippen molar-refractivity contribution in [3.63, 3.8) is 0 Å². The Bertz CT molecular complexity index is 182. The Kier molecular flexibility index (Phi) is 9.07. The summed E-state index contributed by atoms with van der Waals surface area (Å²) in [5.74, 6) is 0. The summed E-state index contributed by atoms with van der Waals surface area (Å²) in [6.45, 7) is 13.7. The van der Waals surface area contributed by atoms with Gasteiger partial charge in [0.25, 0.3) is 0 Å². The van der Waals surface area contributed by atoms with Crippen LogP contribution in [-0.4, -0.2) is 49.0 Å². The molecule has 0 aliphatic heterocycles. The molecule has 0 aromatic heterocycles. The molecule has 0 rings (SSSR count). The third-order valence-electron chi connectivity index (χ3n) is 1.79. The van der Waals surface area contributed by atoms with Crippen molar-refractivity contribution in [2.45, 2.75) is 6.10 Å². The first kappa shape index (κ1) is 14.1. The maximum Gasteiger partial charge on any atom is 0.0900 e. The zero-order chi connectivity index (χ0) is 11.5. The summed E-state index contributed by atoms with van der Waals surface area (Å²) in [7, 11) is 0. The molecule has 0 aliphatic carbocycles. The highest BCUT2D eigenvalue weighted by atomic mass is 16.5. The van der Waals surface area contributed by atoms with Gasteiger partial charge in [0.15, 0.2) is 0 Å². The maximum absolute atomic E-state index is 9.63. The van der Waals surface area contributed by atoms with Crippen LogP contribution in [-0.2, 0) is 4.74 Å².